The molecule has 0 heterocycles. The predicted molar refractivity (Wildman–Crippen MR) is 48.7 cm³/mol. The minimum absolute atomic E-state index is 0.223. The Morgan fingerprint density at radius 1 is 1.73 bits per heavy atom. The monoisotopic (exact) mass is 219 g/mol. The molecule has 1 amide bonds. The van der Waals surface area contributed by atoms with Crippen LogP contribution in [0.25, 0.3) is 0 Å². The summed E-state index contributed by atoms with van der Waals surface area (Å²) >= 11 is 3.40. The Hall–Kier alpha value is -0.0500. The Bertz CT molecular complexity index is 149. The van der Waals surface area contributed by atoms with E-state index in [-0.39, 0.29) is 11.8 Å². The number of halogens is 1. The fourth-order valence-corrected chi connectivity index (χ4v) is 1.60. The zero-order valence-electron chi connectivity index (χ0n) is 6.77. The van der Waals surface area contributed by atoms with Crippen molar-refractivity contribution in [1.82, 2.24) is 5.32 Å². The number of carbonyl (C=O) groups excluding carboxylic acids is 1. The largest absolute Gasteiger partial charge is 0.356 e. The lowest BCUT2D eigenvalue weighted by Gasteiger charge is -2.01. The molecule has 1 saturated carbocycles. The van der Waals surface area contributed by atoms with Crippen LogP contribution in [-0.2, 0) is 4.79 Å². The summed E-state index contributed by atoms with van der Waals surface area (Å²) in [6.07, 6.45) is 3.24. The van der Waals surface area contributed by atoms with E-state index < -0.39 is 0 Å². The van der Waals surface area contributed by atoms with Crippen molar-refractivity contribution in [2.45, 2.75) is 31.0 Å². The number of rotatable bonds is 4. The van der Waals surface area contributed by atoms with Crippen LogP contribution in [0.5, 0.6) is 0 Å². The molecule has 1 rings (SSSR count). The van der Waals surface area contributed by atoms with Crippen molar-refractivity contribution >= 4 is 21.8 Å². The number of nitrogens with one attached hydrogen (secondary N) is 1. The number of hydrogen-bond donors (Lipinski definition) is 1. The first-order valence-electron chi connectivity index (χ1n) is 4.17. The van der Waals surface area contributed by atoms with Gasteiger partial charge < -0.3 is 5.32 Å². The van der Waals surface area contributed by atoms with Gasteiger partial charge in [0.05, 0.1) is 5.92 Å². The number of unbranched alkanes of at least 4 members (excludes halogenated alkanes) is 1. The summed E-state index contributed by atoms with van der Waals surface area (Å²) in [5.41, 5.74) is 0. The van der Waals surface area contributed by atoms with Crippen molar-refractivity contribution in [3.8, 4) is 0 Å². The molecule has 1 aliphatic carbocycles. The molecule has 0 spiro atoms. The van der Waals surface area contributed by atoms with Crippen LogP contribution >= 0.6 is 15.9 Å². The van der Waals surface area contributed by atoms with E-state index in [4.69, 9.17) is 0 Å². The summed E-state index contributed by atoms with van der Waals surface area (Å²) in [5, 5.41) is 2.91. The van der Waals surface area contributed by atoms with Crippen molar-refractivity contribution in [2.24, 2.45) is 5.92 Å². The van der Waals surface area contributed by atoms with Crippen molar-refractivity contribution in [1.29, 1.82) is 0 Å². The van der Waals surface area contributed by atoms with Crippen molar-refractivity contribution in [3.63, 3.8) is 0 Å². The Balaban J connectivity index is 2.03. The number of hydrogen-bond acceptors (Lipinski definition) is 1. The molecule has 1 aliphatic rings. The highest BCUT2D eigenvalue weighted by Gasteiger charge is 2.40. The molecule has 3 heteroatoms. The lowest BCUT2D eigenvalue weighted by Crippen LogP contribution is -2.26. The molecule has 0 aromatic heterocycles. The molecule has 1 N–H and O–H groups in total. The molecular weight excluding hydrogens is 206 g/mol. The van der Waals surface area contributed by atoms with Crippen LogP contribution in [0.15, 0.2) is 0 Å². The summed E-state index contributed by atoms with van der Waals surface area (Å²) < 4.78 is 0. The highest BCUT2D eigenvalue weighted by molar-refractivity contribution is 9.09. The molecule has 0 bridgehead atoms. The first kappa shape index (κ1) is 9.04. The second-order valence-electron chi connectivity index (χ2n) is 3.00. The molecular formula is C8H14BrNO. The molecule has 2 unspecified atom stereocenters. The molecule has 0 aromatic rings. The first-order chi connectivity index (χ1) is 5.25. The van der Waals surface area contributed by atoms with E-state index in [1.807, 2.05) is 0 Å². The maximum atomic E-state index is 11.1. The maximum absolute atomic E-state index is 11.1. The first-order valence-corrected chi connectivity index (χ1v) is 5.09. The molecule has 0 aromatic carbocycles. The Morgan fingerprint density at radius 2 is 2.36 bits per heavy atom. The van der Waals surface area contributed by atoms with Gasteiger partial charge in [0.2, 0.25) is 5.91 Å². The van der Waals surface area contributed by atoms with E-state index >= 15 is 0 Å². The van der Waals surface area contributed by atoms with Gasteiger partial charge in [-0.2, -0.15) is 0 Å². The summed E-state index contributed by atoms with van der Waals surface area (Å²) in [4.78, 5) is 11.6. The fourth-order valence-electron chi connectivity index (χ4n) is 0.955. The van der Waals surface area contributed by atoms with Gasteiger partial charge in [-0.1, -0.05) is 29.3 Å². The zero-order chi connectivity index (χ0) is 8.27. The lowest BCUT2D eigenvalue weighted by atomic mass is 10.3. The fraction of sp³-hybridized carbons (Fsp3) is 0.875. The summed E-state index contributed by atoms with van der Waals surface area (Å²) in [5.74, 6) is 0.479. The van der Waals surface area contributed by atoms with E-state index in [1.165, 1.54) is 0 Å². The maximum Gasteiger partial charge on any atom is 0.224 e. The van der Waals surface area contributed by atoms with Crippen molar-refractivity contribution in [3.05, 3.63) is 0 Å². The predicted octanol–water partition coefficient (Wildman–Crippen LogP) is 1.69. The third kappa shape index (κ3) is 2.81. The van der Waals surface area contributed by atoms with E-state index in [2.05, 4.69) is 28.2 Å². The zero-order valence-corrected chi connectivity index (χ0v) is 8.36. The summed E-state index contributed by atoms with van der Waals surface area (Å²) in [7, 11) is 0. The van der Waals surface area contributed by atoms with Crippen molar-refractivity contribution in [2.75, 3.05) is 6.54 Å². The molecule has 0 aliphatic heterocycles. The average Bonchev–Trinajstić information content (AvgIpc) is 2.67. The third-order valence-electron chi connectivity index (χ3n) is 1.88. The number of alkyl halides is 1. The van der Waals surface area contributed by atoms with Gasteiger partial charge in [0.25, 0.3) is 0 Å². The molecule has 2 atom stereocenters. The van der Waals surface area contributed by atoms with Crippen LogP contribution in [-0.4, -0.2) is 17.3 Å². The van der Waals surface area contributed by atoms with Crippen LogP contribution in [0, 0.1) is 5.92 Å². The molecule has 0 saturated heterocycles. The number of amides is 1. The average molecular weight is 220 g/mol. The Morgan fingerprint density at radius 3 is 2.82 bits per heavy atom. The molecule has 1 fully saturated rings. The summed E-state index contributed by atoms with van der Waals surface area (Å²) in [6.45, 7) is 2.96. The quantitative estimate of drug-likeness (QED) is 0.566. The third-order valence-corrected chi connectivity index (χ3v) is 2.89. The van der Waals surface area contributed by atoms with E-state index in [0.717, 1.165) is 25.8 Å². The van der Waals surface area contributed by atoms with Gasteiger partial charge in [0.15, 0.2) is 0 Å². The summed E-state index contributed by atoms with van der Waals surface area (Å²) in [6, 6.07) is 0. The van der Waals surface area contributed by atoms with E-state index in [1.54, 1.807) is 0 Å². The highest BCUT2D eigenvalue weighted by atomic mass is 79.9. The van der Waals surface area contributed by atoms with Gasteiger partial charge in [0.1, 0.15) is 0 Å². The van der Waals surface area contributed by atoms with Gasteiger partial charge in [-0.3, -0.25) is 4.79 Å². The van der Waals surface area contributed by atoms with E-state index in [9.17, 15) is 4.79 Å². The van der Waals surface area contributed by atoms with Crippen LogP contribution in [0.2, 0.25) is 0 Å². The smallest absolute Gasteiger partial charge is 0.224 e. The molecule has 11 heavy (non-hydrogen) atoms. The van der Waals surface area contributed by atoms with Crippen LogP contribution in [0.4, 0.5) is 0 Å². The van der Waals surface area contributed by atoms with Crippen molar-refractivity contribution < 1.29 is 4.79 Å². The minimum Gasteiger partial charge on any atom is -0.356 e. The van der Waals surface area contributed by atoms with E-state index in [0.29, 0.717) is 4.83 Å². The van der Waals surface area contributed by atoms with Crippen LogP contribution in [0.3, 0.4) is 0 Å². The molecule has 64 valence electrons. The van der Waals surface area contributed by atoms with Gasteiger partial charge in [-0.15, -0.1) is 0 Å². The van der Waals surface area contributed by atoms with Gasteiger partial charge in [0, 0.05) is 11.4 Å². The van der Waals surface area contributed by atoms with Gasteiger partial charge in [-0.25, -0.2) is 0 Å². The molecule has 2 nitrogen and oxygen atoms in total. The topological polar surface area (TPSA) is 29.1 Å². The van der Waals surface area contributed by atoms with Crippen LogP contribution in [0.1, 0.15) is 26.2 Å². The van der Waals surface area contributed by atoms with Gasteiger partial charge in [-0.05, 0) is 12.8 Å². The normalized spacial score (nSPS) is 28.2. The SMILES string of the molecule is CCCCNC(=O)C1CC1Br. The number of carbonyl (C=O) groups is 1. The second-order valence-corrected chi connectivity index (χ2v) is 4.18. The highest BCUT2D eigenvalue weighted by Crippen LogP contribution is 2.37. The minimum atomic E-state index is 0.223. The van der Waals surface area contributed by atoms with Crippen LogP contribution < -0.4 is 5.32 Å². The Kier molecular flexibility index (Phi) is 3.37. The van der Waals surface area contributed by atoms with Gasteiger partial charge >= 0.3 is 0 Å². The Labute approximate surface area is 75.9 Å². The lowest BCUT2D eigenvalue weighted by molar-refractivity contribution is -0.122. The standard InChI is InChI=1S/C8H14BrNO/c1-2-3-4-10-8(11)6-5-7(6)9/h6-7H,2-5H2,1H3,(H,10,11). The second kappa shape index (κ2) is 4.10. The molecule has 0 radical (unpaired) electrons.